The quantitative estimate of drug-likeness (QED) is 0.604. The number of likely N-dealkylation sites (tertiary alicyclic amines) is 1. The van der Waals surface area contributed by atoms with Crippen LogP contribution in [0.25, 0.3) is 0 Å². The van der Waals surface area contributed by atoms with Gasteiger partial charge in [-0.15, -0.1) is 11.3 Å². The van der Waals surface area contributed by atoms with E-state index < -0.39 is 30.2 Å². The Morgan fingerprint density at radius 1 is 1.18 bits per heavy atom. The van der Waals surface area contributed by atoms with Gasteiger partial charge in [-0.05, 0) is 55.2 Å². The second-order valence-corrected chi connectivity index (χ2v) is 10.8. The molecule has 5 atom stereocenters. The minimum Gasteiger partial charge on any atom is -0.388 e. The Bertz CT molecular complexity index is 1050. The van der Waals surface area contributed by atoms with Crippen LogP contribution in [0.4, 0.5) is 0 Å². The lowest BCUT2D eigenvalue weighted by atomic mass is 9.87. The average Bonchev–Trinajstić information content (AvgIpc) is 3.53. The van der Waals surface area contributed by atoms with Crippen molar-refractivity contribution in [3.8, 4) is 0 Å². The molecule has 1 amide bonds. The molecular formula is C24H28ClNO6S. The molecular weight excluding hydrogens is 466 g/mol. The van der Waals surface area contributed by atoms with Gasteiger partial charge in [0, 0.05) is 39.9 Å². The van der Waals surface area contributed by atoms with E-state index in [-0.39, 0.29) is 12.5 Å². The largest absolute Gasteiger partial charge is 0.388 e. The van der Waals surface area contributed by atoms with Crippen LogP contribution in [0.5, 0.6) is 0 Å². The van der Waals surface area contributed by atoms with Gasteiger partial charge in [0.05, 0.1) is 19.1 Å². The van der Waals surface area contributed by atoms with Crippen molar-refractivity contribution in [2.24, 2.45) is 0 Å². The maximum absolute atomic E-state index is 12.5. The van der Waals surface area contributed by atoms with E-state index in [1.54, 1.807) is 18.3 Å². The molecule has 0 saturated carbocycles. The maximum atomic E-state index is 12.5. The van der Waals surface area contributed by atoms with Gasteiger partial charge < -0.3 is 29.7 Å². The first-order chi connectivity index (χ1) is 15.8. The van der Waals surface area contributed by atoms with Gasteiger partial charge >= 0.3 is 0 Å². The second-order valence-electron chi connectivity index (χ2n) is 9.12. The normalized spacial score (nSPS) is 31.4. The molecule has 2 fully saturated rings. The van der Waals surface area contributed by atoms with E-state index in [2.05, 4.69) is 0 Å². The zero-order chi connectivity index (χ0) is 23.3. The highest BCUT2D eigenvalue weighted by atomic mass is 35.5. The van der Waals surface area contributed by atoms with E-state index in [0.29, 0.717) is 23.4 Å². The summed E-state index contributed by atoms with van der Waals surface area (Å²) in [7, 11) is 0. The second kappa shape index (κ2) is 8.92. The van der Waals surface area contributed by atoms with E-state index >= 15 is 0 Å². The van der Waals surface area contributed by atoms with Crippen LogP contribution in [0, 0.1) is 0 Å². The number of ether oxygens (including phenoxy) is 2. The SMILES string of the molecule is C[C@H]1O[C@]2(OCc3cc(Cl)c(Cc4ccc(CC(=O)N5CCCC5)s4)cc32)[C@H](O)[C@@H](O)[C@@H]1O. The topological polar surface area (TPSA) is 99.5 Å². The molecule has 3 aliphatic rings. The number of nitrogens with zero attached hydrogens (tertiary/aromatic N) is 1. The molecule has 0 bridgehead atoms. The molecule has 33 heavy (non-hydrogen) atoms. The summed E-state index contributed by atoms with van der Waals surface area (Å²) in [4.78, 5) is 16.5. The van der Waals surface area contributed by atoms with Crippen molar-refractivity contribution in [1.82, 2.24) is 4.90 Å². The fourth-order valence-electron chi connectivity index (χ4n) is 4.98. The van der Waals surface area contributed by atoms with Crippen molar-refractivity contribution in [2.45, 2.75) is 69.4 Å². The highest BCUT2D eigenvalue weighted by Crippen LogP contribution is 2.47. The summed E-state index contributed by atoms with van der Waals surface area (Å²) in [6.07, 6.45) is -1.64. The lowest BCUT2D eigenvalue weighted by Gasteiger charge is -2.45. The molecule has 178 valence electrons. The van der Waals surface area contributed by atoms with Gasteiger partial charge in [0.25, 0.3) is 0 Å². The number of fused-ring (bicyclic) bond motifs is 2. The first-order valence-electron chi connectivity index (χ1n) is 11.3. The molecule has 0 aliphatic carbocycles. The molecule has 2 saturated heterocycles. The molecule has 1 aromatic carbocycles. The van der Waals surface area contributed by atoms with Gasteiger partial charge in [-0.2, -0.15) is 0 Å². The Morgan fingerprint density at radius 2 is 1.91 bits per heavy atom. The van der Waals surface area contributed by atoms with Crippen LogP contribution in [0.15, 0.2) is 24.3 Å². The fraction of sp³-hybridized carbons (Fsp3) is 0.542. The predicted molar refractivity (Wildman–Crippen MR) is 123 cm³/mol. The van der Waals surface area contributed by atoms with Gasteiger partial charge in [-0.3, -0.25) is 4.79 Å². The third-order valence-electron chi connectivity index (χ3n) is 6.86. The van der Waals surface area contributed by atoms with Crippen LogP contribution in [0.2, 0.25) is 5.02 Å². The van der Waals surface area contributed by atoms with Gasteiger partial charge in [0.15, 0.2) is 0 Å². The van der Waals surface area contributed by atoms with Crippen LogP contribution in [-0.4, -0.2) is 63.6 Å². The molecule has 2 aromatic rings. The van der Waals surface area contributed by atoms with E-state index in [9.17, 15) is 20.1 Å². The number of benzene rings is 1. The average molecular weight is 494 g/mol. The number of hydrogen-bond donors (Lipinski definition) is 3. The highest BCUT2D eigenvalue weighted by Gasteiger charge is 2.57. The maximum Gasteiger partial charge on any atom is 0.227 e. The van der Waals surface area contributed by atoms with Gasteiger partial charge in [-0.25, -0.2) is 0 Å². The summed E-state index contributed by atoms with van der Waals surface area (Å²) < 4.78 is 11.8. The number of aliphatic hydroxyl groups excluding tert-OH is 3. The summed E-state index contributed by atoms with van der Waals surface area (Å²) in [6, 6.07) is 7.68. The number of thiophene rings is 1. The molecule has 9 heteroatoms. The summed E-state index contributed by atoms with van der Waals surface area (Å²) in [5, 5.41) is 31.8. The lowest BCUT2D eigenvalue weighted by molar-refractivity contribution is -0.362. The molecule has 1 spiro atoms. The fourth-order valence-corrected chi connectivity index (χ4v) is 6.26. The van der Waals surface area contributed by atoms with Crippen molar-refractivity contribution < 1.29 is 29.6 Å². The van der Waals surface area contributed by atoms with Crippen LogP contribution < -0.4 is 0 Å². The first kappa shape index (κ1) is 23.2. The Balaban J connectivity index is 1.37. The Hall–Kier alpha value is -1.52. The molecule has 5 rings (SSSR count). The minimum atomic E-state index is -1.55. The monoisotopic (exact) mass is 493 g/mol. The zero-order valence-electron chi connectivity index (χ0n) is 18.4. The van der Waals surface area contributed by atoms with Crippen molar-refractivity contribution >= 4 is 28.8 Å². The number of rotatable bonds is 4. The Labute approximate surface area is 201 Å². The number of halogens is 1. The predicted octanol–water partition coefficient (Wildman–Crippen LogP) is 2.34. The molecule has 0 unspecified atom stereocenters. The van der Waals surface area contributed by atoms with E-state index in [4.69, 9.17) is 21.1 Å². The lowest BCUT2D eigenvalue weighted by Crippen LogP contribution is -2.62. The zero-order valence-corrected chi connectivity index (χ0v) is 19.9. The molecule has 3 N–H and O–H groups in total. The van der Waals surface area contributed by atoms with Crippen molar-refractivity contribution in [1.29, 1.82) is 0 Å². The summed E-state index contributed by atoms with van der Waals surface area (Å²) in [6.45, 7) is 3.52. The molecule has 1 aromatic heterocycles. The molecule has 3 aliphatic heterocycles. The van der Waals surface area contributed by atoms with Gasteiger partial charge in [-0.1, -0.05) is 11.6 Å². The summed E-state index contributed by atoms with van der Waals surface area (Å²) >= 11 is 8.17. The van der Waals surface area contributed by atoms with Crippen molar-refractivity contribution in [2.75, 3.05) is 13.1 Å². The van der Waals surface area contributed by atoms with Crippen molar-refractivity contribution in [3.05, 3.63) is 55.7 Å². The van der Waals surface area contributed by atoms with Crippen LogP contribution in [-0.2, 0) is 39.5 Å². The minimum absolute atomic E-state index is 0.175. The summed E-state index contributed by atoms with van der Waals surface area (Å²) in [5.41, 5.74) is 2.23. The first-order valence-corrected chi connectivity index (χ1v) is 12.5. The van der Waals surface area contributed by atoms with Gasteiger partial charge in [0.2, 0.25) is 11.7 Å². The number of aliphatic hydroxyl groups is 3. The molecule has 7 nitrogen and oxygen atoms in total. The standard InChI is InChI=1S/C24H28ClNO6S/c1-13-21(28)22(29)23(30)24(32-13)18-9-14(19(25)10-15(18)12-31-24)8-16-4-5-17(33-16)11-20(27)26-6-2-3-7-26/h4-5,9-10,13,21-23,28-30H,2-3,6-8,11-12H2,1H3/t13-,21-,22+,23-,24+/m1/s1. The van der Waals surface area contributed by atoms with E-state index in [1.165, 1.54) is 0 Å². The number of carbonyl (C=O) groups is 1. The van der Waals surface area contributed by atoms with Crippen LogP contribution in [0.1, 0.15) is 46.2 Å². The van der Waals surface area contributed by atoms with E-state index in [1.807, 2.05) is 29.2 Å². The third-order valence-corrected chi connectivity index (χ3v) is 8.30. The summed E-state index contributed by atoms with van der Waals surface area (Å²) in [5.74, 6) is -1.37. The number of hydrogen-bond acceptors (Lipinski definition) is 7. The molecule has 4 heterocycles. The number of carbonyl (C=O) groups excluding carboxylic acids is 1. The Morgan fingerprint density at radius 3 is 2.67 bits per heavy atom. The molecule has 0 radical (unpaired) electrons. The van der Waals surface area contributed by atoms with Crippen molar-refractivity contribution in [3.63, 3.8) is 0 Å². The highest BCUT2D eigenvalue weighted by molar-refractivity contribution is 7.12. The smallest absolute Gasteiger partial charge is 0.227 e. The Kier molecular flexibility index (Phi) is 6.28. The van der Waals surface area contributed by atoms with E-state index in [0.717, 1.165) is 46.8 Å². The third kappa shape index (κ3) is 4.12. The number of amides is 1. The van der Waals surface area contributed by atoms with Crippen LogP contribution >= 0.6 is 22.9 Å². The van der Waals surface area contributed by atoms with Gasteiger partial charge in [0.1, 0.15) is 18.3 Å². The van der Waals surface area contributed by atoms with Crippen LogP contribution in [0.3, 0.4) is 0 Å².